The summed E-state index contributed by atoms with van der Waals surface area (Å²) >= 11 is 0. The van der Waals surface area contributed by atoms with Gasteiger partial charge in [0.1, 0.15) is 0 Å². The Morgan fingerprint density at radius 2 is 2.00 bits per heavy atom. The molecule has 1 saturated heterocycles. The minimum Gasteiger partial charge on any atom is -0.332 e. The van der Waals surface area contributed by atoms with E-state index in [1.165, 1.54) is 18.5 Å². The average molecular weight is 264 g/mol. The molecule has 19 heavy (non-hydrogen) atoms. The molecule has 0 spiro atoms. The predicted octanol–water partition coefficient (Wildman–Crippen LogP) is 1.86. The maximum atomic E-state index is 4.41. The summed E-state index contributed by atoms with van der Waals surface area (Å²) in [7, 11) is 4.28. The van der Waals surface area contributed by atoms with E-state index in [0.29, 0.717) is 0 Å². The van der Waals surface area contributed by atoms with E-state index >= 15 is 0 Å². The highest BCUT2D eigenvalue weighted by Crippen LogP contribution is 2.33. The Kier molecular flexibility index (Phi) is 4.02. The van der Waals surface area contributed by atoms with Gasteiger partial charge in [-0.15, -0.1) is 0 Å². The molecule has 0 radical (unpaired) electrons. The molecule has 0 aromatic carbocycles. The average Bonchev–Trinajstić information content (AvgIpc) is 2.78. The number of hydrogen-bond acceptors (Lipinski definition) is 3. The number of nitrogens with zero attached hydrogens (tertiary/aromatic N) is 3. The molecule has 1 aromatic rings. The zero-order chi connectivity index (χ0) is 14.1. The van der Waals surface area contributed by atoms with Gasteiger partial charge >= 0.3 is 0 Å². The molecular weight excluding hydrogens is 236 g/mol. The third-order valence-electron chi connectivity index (χ3n) is 4.81. The summed E-state index contributed by atoms with van der Waals surface area (Å²) in [5.41, 5.74) is 1.80. The lowest BCUT2D eigenvalue weighted by Gasteiger charge is -2.38. The fraction of sp³-hybridized carbons (Fsp3) is 0.800. The highest BCUT2D eigenvalue weighted by molar-refractivity contribution is 5.16. The third kappa shape index (κ3) is 3.00. The molecule has 1 aliphatic heterocycles. The van der Waals surface area contributed by atoms with Crippen molar-refractivity contribution in [2.75, 3.05) is 27.2 Å². The number of piperidine rings is 1. The first-order valence-corrected chi connectivity index (χ1v) is 7.24. The van der Waals surface area contributed by atoms with Gasteiger partial charge in [-0.2, -0.15) is 0 Å². The smallest absolute Gasteiger partial charge is 0.0949 e. The van der Waals surface area contributed by atoms with Gasteiger partial charge in [0, 0.05) is 29.4 Å². The molecule has 1 N–H and O–H groups in total. The minimum atomic E-state index is 0.138. The quantitative estimate of drug-likeness (QED) is 0.901. The lowest BCUT2D eigenvalue weighted by molar-refractivity contribution is 0.164. The van der Waals surface area contributed by atoms with Crippen molar-refractivity contribution in [1.29, 1.82) is 0 Å². The number of aromatic nitrogens is 2. The number of likely N-dealkylation sites (N-methyl/N-ethyl adjacent to an activating group) is 1. The molecule has 0 aliphatic carbocycles. The lowest BCUT2D eigenvalue weighted by Crippen LogP contribution is -2.44. The van der Waals surface area contributed by atoms with E-state index in [2.05, 4.69) is 60.8 Å². The van der Waals surface area contributed by atoms with Crippen LogP contribution in [0.2, 0.25) is 0 Å². The van der Waals surface area contributed by atoms with Crippen LogP contribution in [0.5, 0.6) is 0 Å². The second kappa shape index (κ2) is 5.25. The first-order chi connectivity index (χ1) is 8.85. The van der Waals surface area contributed by atoms with Crippen molar-refractivity contribution in [3.05, 3.63) is 18.2 Å². The predicted molar refractivity (Wildman–Crippen MR) is 79.4 cm³/mol. The van der Waals surface area contributed by atoms with Gasteiger partial charge in [-0.1, -0.05) is 6.92 Å². The van der Waals surface area contributed by atoms with Crippen molar-refractivity contribution in [2.45, 2.75) is 51.1 Å². The Labute approximate surface area is 117 Å². The van der Waals surface area contributed by atoms with E-state index in [-0.39, 0.29) is 11.0 Å². The van der Waals surface area contributed by atoms with Crippen molar-refractivity contribution in [3.63, 3.8) is 0 Å². The summed E-state index contributed by atoms with van der Waals surface area (Å²) in [6, 6.07) is 0. The highest BCUT2D eigenvalue weighted by atomic mass is 15.2. The first kappa shape index (κ1) is 14.5. The molecule has 4 nitrogen and oxygen atoms in total. The van der Waals surface area contributed by atoms with E-state index in [9.17, 15) is 0 Å². The molecule has 2 heterocycles. The van der Waals surface area contributed by atoms with Gasteiger partial charge < -0.3 is 14.8 Å². The second-order valence-electron chi connectivity index (χ2n) is 6.92. The number of rotatable bonds is 4. The van der Waals surface area contributed by atoms with Crippen molar-refractivity contribution in [2.24, 2.45) is 0 Å². The maximum absolute atomic E-state index is 4.41. The van der Waals surface area contributed by atoms with Crippen LogP contribution >= 0.6 is 0 Å². The highest BCUT2D eigenvalue weighted by Gasteiger charge is 2.33. The van der Waals surface area contributed by atoms with Crippen LogP contribution in [-0.2, 0) is 12.0 Å². The molecule has 0 atom stereocenters. The van der Waals surface area contributed by atoms with Crippen LogP contribution in [0.1, 0.15) is 39.3 Å². The van der Waals surface area contributed by atoms with Gasteiger partial charge in [-0.05, 0) is 53.9 Å². The first-order valence-electron chi connectivity index (χ1n) is 7.24. The van der Waals surface area contributed by atoms with E-state index in [0.717, 1.165) is 19.6 Å². The van der Waals surface area contributed by atoms with E-state index in [1.807, 2.05) is 6.33 Å². The molecule has 1 aromatic heterocycles. The maximum Gasteiger partial charge on any atom is 0.0949 e. The number of nitrogens with one attached hydrogen (secondary N) is 1. The molecule has 2 rings (SSSR count). The van der Waals surface area contributed by atoms with E-state index in [1.54, 1.807) is 0 Å². The van der Waals surface area contributed by atoms with Crippen LogP contribution in [0, 0.1) is 0 Å². The van der Waals surface area contributed by atoms with Crippen LogP contribution in [0.25, 0.3) is 0 Å². The number of hydrogen-bond donors (Lipinski definition) is 1. The van der Waals surface area contributed by atoms with Gasteiger partial charge in [0.15, 0.2) is 0 Å². The summed E-state index contributed by atoms with van der Waals surface area (Å²) in [6.07, 6.45) is 6.45. The van der Waals surface area contributed by atoms with Crippen molar-refractivity contribution in [1.82, 2.24) is 19.8 Å². The van der Waals surface area contributed by atoms with Crippen molar-refractivity contribution < 1.29 is 0 Å². The molecular formula is C15H28N4. The largest absolute Gasteiger partial charge is 0.332 e. The summed E-state index contributed by atoms with van der Waals surface area (Å²) in [6.45, 7) is 10.1. The van der Waals surface area contributed by atoms with Crippen LogP contribution in [0.15, 0.2) is 12.5 Å². The standard InChI is InChI=1S/C15H28N4/c1-14(2,18(4)5)11-19-12-17-10-13(19)15(3)6-8-16-9-7-15/h10,12,16H,6-9,11H2,1-5H3. The number of imidazole rings is 1. The van der Waals surface area contributed by atoms with Gasteiger partial charge in [-0.25, -0.2) is 4.98 Å². The Morgan fingerprint density at radius 1 is 1.37 bits per heavy atom. The zero-order valence-electron chi connectivity index (χ0n) is 13.0. The van der Waals surface area contributed by atoms with E-state index in [4.69, 9.17) is 0 Å². The van der Waals surface area contributed by atoms with Crippen LogP contribution in [0.3, 0.4) is 0 Å². The van der Waals surface area contributed by atoms with Crippen LogP contribution < -0.4 is 5.32 Å². The Balaban J connectivity index is 2.22. The Hall–Kier alpha value is -0.870. The topological polar surface area (TPSA) is 33.1 Å². The molecule has 108 valence electrons. The van der Waals surface area contributed by atoms with Crippen molar-refractivity contribution in [3.8, 4) is 0 Å². The molecule has 1 fully saturated rings. The summed E-state index contributed by atoms with van der Waals surface area (Å²) in [5, 5.41) is 3.45. The molecule has 1 aliphatic rings. The second-order valence-corrected chi connectivity index (χ2v) is 6.92. The fourth-order valence-electron chi connectivity index (χ4n) is 2.74. The van der Waals surface area contributed by atoms with Crippen LogP contribution in [-0.4, -0.2) is 47.2 Å². The SMILES string of the molecule is CN(C)C(C)(C)Cn1cncc1C1(C)CCNCC1. The van der Waals surface area contributed by atoms with Gasteiger partial charge in [0.25, 0.3) is 0 Å². The Bertz CT molecular complexity index is 414. The lowest BCUT2D eigenvalue weighted by atomic mass is 9.78. The zero-order valence-corrected chi connectivity index (χ0v) is 13.0. The molecule has 4 heteroatoms. The molecule has 0 amide bonds. The Morgan fingerprint density at radius 3 is 2.58 bits per heavy atom. The van der Waals surface area contributed by atoms with E-state index < -0.39 is 0 Å². The van der Waals surface area contributed by atoms with Crippen LogP contribution in [0.4, 0.5) is 0 Å². The third-order valence-corrected chi connectivity index (χ3v) is 4.81. The van der Waals surface area contributed by atoms with Gasteiger partial charge in [0.2, 0.25) is 0 Å². The normalized spacial score (nSPS) is 19.9. The fourth-order valence-corrected chi connectivity index (χ4v) is 2.74. The summed E-state index contributed by atoms with van der Waals surface area (Å²) < 4.78 is 2.35. The molecule has 0 bridgehead atoms. The summed E-state index contributed by atoms with van der Waals surface area (Å²) in [4.78, 5) is 6.69. The van der Waals surface area contributed by atoms with Crippen molar-refractivity contribution >= 4 is 0 Å². The van der Waals surface area contributed by atoms with Gasteiger partial charge in [0.05, 0.1) is 6.33 Å². The monoisotopic (exact) mass is 264 g/mol. The minimum absolute atomic E-state index is 0.138. The van der Waals surface area contributed by atoms with Gasteiger partial charge in [-0.3, -0.25) is 0 Å². The molecule has 0 unspecified atom stereocenters. The summed E-state index contributed by atoms with van der Waals surface area (Å²) in [5.74, 6) is 0. The molecule has 0 saturated carbocycles.